The number of rotatable bonds is 0. The van der Waals surface area contributed by atoms with Gasteiger partial charge in [0.15, 0.2) is 4.98 Å². The van der Waals surface area contributed by atoms with Gasteiger partial charge in [-0.1, -0.05) is 0 Å². The van der Waals surface area contributed by atoms with E-state index in [9.17, 15) is 17.3 Å². The molecule has 86 valence electrons. The van der Waals surface area contributed by atoms with Crippen molar-refractivity contribution in [1.82, 2.24) is 0 Å². The lowest BCUT2D eigenvalue weighted by atomic mass is 10.1. The van der Waals surface area contributed by atoms with Gasteiger partial charge in [0.1, 0.15) is 0 Å². The van der Waals surface area contributed by atoms with E-state index in [0.717, 1.165) is 5.56 Å². The van der Waals surface area contributed by atoms with E-state index < -0.39 is 7.25 Å². The molecule has 0 saturated heterocycles. The maximum atomic E-state index is 9.75. The van der Waals surface area contributed by atoms with E-state index in [4.69, 9.17) is 10.1 Å². The van der Waals surface area contributed by atoms with Crippen LogP contribution in [0.4, 0.5) is 23.0 Å². The van der Waals surface area contributed by atoms with E-state index in [1.54, 1.807) is 6.07 Å². The van der Waals surface area contributed by atoms with Crippen molar-refractivity contribution >= 4 is 12.9 Å². The lowest BCUT2D eigenvalue weighted by Gasteiger charge is -1.94. The average molecular weight is 234 g/mol. The van der Waals surface area contributed by atoms with Crippen LogP contribution in [0.15, 0.2) is 18.2 Å². The summed E-state index contributed by atoms with van der Waals surface area (Å²) in [6, 6.07) is 5.53. The number of hydrogen-bond donors (Lipinski definition) is 0. The largest absolute Gasteiger partial charge is 0.673 e. The quantitative estimate of drug-likeness (QED) is 0.391. The summed E-state index contributed by atoms with van der Waals surface area (Å²) in [6.45, 7) is 1.32. The number of benzene rings is 1. The van der Waals surface area contributed by atoms with Crippen molar-refractivity contribution in [2.45, 2.75) is 13.2 Å². The second kappa shape index (κ2) is 4.94. The van der Waals surface area contributed by atoms with Gasteiger partial charge in [0.25, 0.3) is 0 Å². The van der Waals surface area contributed by atoms with E-state index >= 15 is 0 Å². The molecule has 0 fully saturated rings. The van der Waals surface area contributed by atoms with Crippen molar-refractivity contribution in [3.8, 4) is 0 Å². The molecule has 0 N–H and O–H groups in total. The number of halogens is 4. The Morgan fingerprint density at radius 3 is 2.25 bits per heavy atom. The van der Waals surface area contributed by atoms with Crippen LogP contribution in [-0.4, -0.2) is 7.25 Å². The Hall–Kier alpha value is -1.62. The topological polar surface area (TPSA) is 37.4 Å². The van der Waals surface area contributed by atoms with E-state index in [0.29, 0.717) is 18.9 Å². The van der Waals surface area contributed by atoms with Gasteiger partial charge in [0.05, 0.1) is 13.2 Å². The molecule has 1 aliphatic rings. The second-order valence-corrected chi connectivity index (χ2v) is 3.04. The summed E-state index contributed by atoms with van der Waals surface area (Å²) < 4.78 is 44.2. The predicted octanol–water partition coefficient (Wildman–Crippen LogP) is 3.50. The Kier molecular flexibility index (Phi) is 3.85. The van der Waals surface area contributed by atoms with Crippen molar-refractivity contribution in [3.63, 3.8) is 0 Å². The molecule has 8 heteroatoms. The molecule has 0 radical (unpaired) electrons. The van der Waals surface area contributed by atoms with Crippen LogP contribution in [0.25, 0.3) is 4.98 Å². The molecule has 1 aromatic carbocycles. The molecule has 16 heavy (non-hydrogen) atoms. The Morgan fingerprint density at radius 1 is 1.12 bits per heavy atom. The van der Waals surface area contributed by atoms with Crippen molar-refractivity contribution in [3.05, 3.63) is 34.3 Å². The molecule has 0 unspecified atom stereocenters. The highest BCUT2D eigenvalue weighted by atomic mass is 19.5. The second-order valence-electron chi connectivity index (χ2n) is 3.04. The number of hydrogen-bond acceptors (Lipinski definition) is 2. The molecule has 0 spiro atoms. The highest BCUT2D eigenvalue weighted by molar-refractivity contribution is 6.50. The molecule has 0 aliphatic carbocycles. The van der Waals surface area contributed by atoms with Crippen LogP contribution < -0.4 is 0 Å². The Balaban J connectivity index is 0.000000221. The Bertz CT molecular complexity index is 409. The maximum absolute atomic E-state index is 9.75. The monoisotopic (exact) mass is 234 g/mol. The van der Waals surface area contributed by atoms with E-state index in [-0.39, 0.29) is 0 Å². The summed E-state index contributed by atoms with van der Waals surface area (Å²) in [5.74, 6) is 0. The highest BCUT2D eigenvalue weighted by Gasteiger charge is 2.20. The van der Waals surface area contributed by atoms with Gasteiger partial charge in [-0.2, -0.15) is 0 Å². The minimum absolute atomic E-state index is 0.592. The third-order valence-corrected chi connectivity index (χ3v) is 1.82. The van der Waals surface area contributed by atoms with Crippen molar-refractivity contribution in [2.75, 3.05) is 0 Å². The number of fused-ring (bicyclic) bond motifs is 1. The third-order valence-electron chi connectivity index (χ3n) is 1.82. The molecule has 1 aliphatic heterocycles. The van der Waals surface area contributed by atoms with Gasteiger partial charge in [-0.3, -0.25) is 0 Å². The molecule has 3 nitrogen and oxygen atoms in total. The first kappa shape index (κ1) is 12.5. The molecular formula is C8H7BF4N2O. The Labute approximate surface area is 88.8 Å². The van der Waals surface area contributed by atoms with Crippen molar-refractivity contribution in [2.24, 2.45) is 0 Å². The summed E-state index contributed by atoms with van der Waals surface area (Å²) in [7, 11) is -6.00. The summed E-state index contributed by atoms with van der Waals surface area (Å²) in [5, 5.41) is 8.45. The summed E-state index contributed by atoms with van der Waals surface area (Å²) in [5.41, 5.74) is 2.91. The first-order chi connectivity index (χ1) is 7.40. The fraction of sp³-hybridized carbons (Fsp3) is 0.250. The van der Waals surface area contributed by atoms with Crippen molar-refractivity contribution in [1.29, 1.82) is 5.39 Å². The average Bonchev–Trinajstić information content (AvgIpc) is 2.61. The van der Waals surface area contributed by atoms with Crippen LogP contribution in [-0.2, 0) is 18.0 Å². The van der Waals surface area contributed by atoms with Crippen LogP contribution >= 0.6 is 0 Å². The summed E-state index contributed by atoms with van der Waals surface area (Å²) in [6.07, 6.45) is 0. The van der Waals surface area contributed by atoms with Crippen LogP contribution in [0.5, 0.6) is 0 Å². The van der Waals surface area contributed by atoms with Gasteiger partial charge in [-0.05, 0) is 17.2 Å². The zero-order valence-corrected chi connectivity index (χ0v) is 8.04. The molecule has 0 aromatic heterocycles. The minimum atomic E-state index is -6.00. The number of nitrogens with zero attached hydrogens (tertiary/aromatic N) is 2. The zero-order chi connectivity index (χ0) is 12.2. The molecule has 0 amide bonds. The smallest absolute Gasteiger partial charge is 0.418 e. The molecule has 0 atom stereocenters. The van der Waals surface area contributed by atoms with Gasteiger partial charge >= 0.3 is 12.9 Å². The Morgan fingerprint density at radius 2 is 1.69 bits per heavy atom. The molecule has 1 aromatic rings. The predicted molar refractivity (Wildman–Crippen MR) is 49.9 cm³/mol. The normalized spacial score (nSPS) is 13.4. The highest BCUT2D eigenvalue weighted by Crippen LogP contribution is 2.24. The number of ether oxygens (including phenoxy) is 1. The van der Waals surface area contributed by atoms with Gasteiger partial charge in [-0.25, -0.2) is 0 Å². The molecule has 0 saturated carbocycles. The van der Waals surface area contributed by atoms with Gasteiger partial charge < -0.3 is 22.0 Å². The van der Waals surface area contributed by atoms with Crippen LogP contribution in [0.1, 0.15) is 11.1 Å². The molecule has 0 bridgehead atoms. The van der Waals surface area contributed by atoms with Crippen molar-refractivity contribution < 1.29 is 22.0 Å². The van der Waals surface area contributed by atoms with Gasteiger partial charge in [0, 0.05) is 12.1 Å². The first-order valence-electron chi connectivity index (χ1n) is 4.32. The van der Waals surface area contributed by atoms with E-state index in [1.165, 1.54) is 5.56 Å². The molecular weight excluding hydrogens is 227 g/mol. The minimum Gasteiger partial charge on any atom is -0.418 e. The zero-order valence-electron chi connectivity index (χ0n) is 8.04. The fourth-order valence-electron chi connectivity index (χ4n) is 1.22. The van der Waals surface area contributed by atoms with Crippen LogP contribution in [0, 0.1) is 5.39 Å². The van der Waals surface area contributed by atoms with E-state index in [2.05, 4.69) is 4.98 Å². The SMILES string of the molecule is F[B-](F)(F)F.N#[N+]c1ccc2c(c1)COC2. The molecule has 2 rings (SSSR count). The van der Waals surface area contributed by atoms with Gasteiger partial charge in [0.2, 0.25) is 5.39 Å². The molecule has 1 heterocycles. The number of diazo groups is 1. The van der Waals surface area contributed by atoms with Crippen LogP contribution in [0.2, 0.25) is 0 Å². The summed E-state index contributed by atoms with van der Waals surface area (Å²) >= 11 is 0. The lowest BCUT2D eigenvalue weighted by molar-refractivity contribution is 0.134. The van der Waals surface area contributed by atoms with Gasteiger partial charge in [-0.15, -0.1) is 0 Å². The fourth-order valence-corrected chi connectivity index (χ4v) is 1.22. The maximum Gasteiger partial charge on any atom is 0.673 e. The summed E-state index contributed by atoms with van der Waals surface area (Å²) in [4.78, 5) is 3.09. The van der Waals surface area contributed by atoms with E-state index in [1.807, 2.05) is 12.1 Å². The van der Waals surface area contributed by atoms with Crippen LogP contribution in [0.3, 0.4) is 0 Å². The lowest BCUT2D eigenvalue weighted by Crippen LogP contribution is -2.02. The standard InChI is InChI=1S/C8H7N2O.BF4/c9-10-8-2-1-6-4-11-5-7(6)3-8;2-1(3,4)5/h1-3H,4-5H2;/q+1;-1. The first-order valence-corrected chi connectivity index (χ1v) is 4.32. The third kappa shape index (κ3) is 4.27.